The van der Waals surface area contributed by atoms with Crippen molar-refractivity contribution in [3.05, 3.63) is 108 Å². The quantitative estimate of drug-likeness (QED) is 0.130. The highest BCUT2D eigenvalue weighted by atomic mass is 127. The van der Waals surface area contributed by atoms with E-state index in [1.165, 1.54) is 53.6 Å². The maximum atomic E-state index is 5.93. The third kappa shape index (κ3) is 7.79. The van der Waals surface area contributed by atoms with Gasteiger partial charge in [0.25, 0.3) is 0 Å². The van der Waals surface area contributed by atoms with Gasteiger partial charge in [-0.15, -0.1) is 0 Å². The number of halogens is 1. The third-order valence-electron chi connectivity index (χ3n) is 6.28. The van der Waals surface area contributed by atoms with E-state index in [4.69, 9.17) is 4.74 Å². The van der Waals surface area contributed by atoms with Crippen molar-refractivity contribution < 1.29 is 33.3 Å². The Hall–Kier alpha value is -2.92. The molecule has 186 valence electrons. The molecule has 0 aliphatic rings. The van der Waals surface area contributed by atoms with E-state index >= 15 is 0 Å². The molecule has 1 aromatic heterocycles. The zero-order valence-electron chi connectivity index (χ0n) is 21.4. The summed E-state index contributed by atoms with van der Waals surface area (Å²) in [6, 6.07) is 31.8. The van der Waals surface area contributed by atoms with Gasteiger partial charge in [-0.1, -0.05) is 99.3 Å². The van der Waals surface area contributed by atoms with Gasteiger partial charge in [0.05, 0.1) is 6.61 Å². The number of pyridine rings is 1. The molecule has 0 aliphatic heterocycles. The standard InChI is InChI=1S/C33H36NO.HI/c1-3-4-5-6-13-24-35-32-22-19-27(20-23-32)18-21-30-25-31(28-14-9-7-10-15-28)26-34(2)33(30)29-16-11-8-12-17-29;/h7-12,14-23,25-26H,3-6,13,24H2,1-2H3;1H/q+1;/p-1/b21-18+;. The Morgan fingerprint density at radius 2 is 1.33 bits per heavy atom. The summed E-state index contributed by atoms with van der Waals surface area (Å²) in [5.74, 6) is 0.945. The first kappa shape index (κ1) is 27.7. The lowest BCUT2D eigenvalue weighted by atomic mass is 9.99. The molecule has 0 bridgehead atoms. The predicted molar refractivity (Wildman–Crippen MR) is 148 cm³/mol. The molecule has 0 fully saturated rings. The molecule has 3 aromatic carbocycles. The number of nitrogens with zero attached hydrogens (tertiary/aromatic N) is 1. The first-order chi connectivity index (χ1) is 17.2. The van der Waals surface area contributed by atoms with Gasteiger partial charge in [-0.05, 0) is 54.0 Å². The Balaban J connectivity index is 0.00000361. The monoisotopic (exact) mass is 589 g/mol. The van der Waals surface area contributed by atoms with Crippen LogP contribution in [0.5, 0.6) is 5.75 Å². The van der Waals surface area contributed by atoms with Crippen molar-refractivity contribution in [1.82, 2.24) is 0 Å². The van der Waals surface area contributed by atoms with Crippen molar-refractivity contribution in [2.24, 2.45) is 7.05 Å². The minimum Gasteiger partial charge on any atom is -1.00 e. The number of aryl methyl sites for hydroxylation is 1. The van der Waals surface area contributed by atoms with E-state index in [0.717, 1.165) is 24.3 Å². The first-order valence-electron chi connectivity index (χ1n) is 12.8. The first-order valence-corrected chi connectivity index (χ1v) is 12.8. The van der Waals surface area contributed by atoms with Gasteiger partial charge >= 0.3 is 0 Å². The van der Waals surface area contributed by atoms with E-state index in [-0.39, 0.29) is 24.0 Å². The highest BCUT2D eigenvalue weighted by Gasteiger charge is 2.17. The fourth-order valence-corrected chi connectivity index (χ4v) is 4.39. The summed E-state index contributed by atoms with van der Waals surface area (Å²) in [4.78, 5) is 0. The second kappa shape index (κ2) is 14.6. The van der Waals surface area contributed by atoms with Crippen LogP contribution in [0.15, 0.2) is 97.2 Å². The lowest BCUT2D eigenvalue weighted by Crippen LogP contribution is -3.00. The average Bonchev–Trinajstić information content (AvgIpc) is 2.91. The van der Waals surface area contributed by atoms with Crippen LogP contribution in [-0.4, -0.2) is 6.61 Å². The Bertz CT molecular complexity index is 1220. The maximum absolute atomic E-state index is 5.93. The molecule has 4 rings (SSSR count). The van der Waals surface area contributed by atoms with Crippen LogP contribution in [0.3, 0.4) is 0 Å². The normalized spacial score (nSPS) is 10.8. The van der Waals surface area contributed by atoms with Gasteiger partial charge in [0.1, 0.15) is 12.8 Å². The molecule has 0 radical (unpaired) electrons. The summed E-state index contributed by atoms with van der Waals surface area (Å²) in [6.07, 6.45) is 12.9. The predicted octanol–water partition coefficient (Wildman–Crippen LogP) is 5.37. The maximum Gasteiger partial charge on any atom is 0.219 e. The van der Waals surface area contributed by atoms with Crippen LogP contribution in [0, 0.1) is 0 Å². The lowest BCUT2D eigenvalue weighted by Gasteiger charge is -2.09. The molecule has 0 saturated heterocycles. The van der Waals surface area contributed by atoms with Crippen molar-refractivity contribution in [2.75, 3.05) is 6.61 Å². The van der Waals surface area contributed by atoms with Crippen LogP contribution in [0.1, 0.15) is 50.2 Å². The third-order valence-corrected chi connectivity index (χ3v) is 6.28. The smallest absolute Gasteiger partial charge is 0.219 e. The van der Waals surface area contributed by atoms with Gasteiger partial charge < -0.3 is 28.7 Å². The van der Waals surface area contributed by atoms with Crippen LogP contribution >= 0.6 is 0 Å². The van der Waals surface area contributed by atoms with E-state index in [1.807, 2.05) is 0 Å². The minimum absolute atomic E-state index is 0. The second-order valence-electron chi connectivity index (χ2n) is 9.04. The van der Waals surface area contributed by atoms with Gasteiger partial charge in [-0.2, -0.15) is 4.57 Å². The molecule has 36 heavy (non-hydrogen) atoms. The second-order valence-corrected chi connectivity index (χ2v) is 9.04. The van der Waals surface area contributed by atoms with Crippen LogP contribution < -0.4 is 33.3 Å². The molecule has 2 nitrogen and oxygen atoms in total. The number of ether oxygens (including phenoxy) is 1. The molecular weight excluding hydrogens is 553 g/mol. The minimum atomic E-state index is 0. The number of rotatable bonds is 11. The Morgan fingerprint density at radius 3 is 2.00 bits per heavy atom. The Morgan fingerprint density at radius 1 is 0.694 bits per heavy atom. The number of hydrogen-bond donors (Lipinski definition) is 0. The summed E-state index contributed by atoms with van der Waals surface area (Å²) >= 11 is 0. The molecule has 0 spiro atoms. The fourth-order valence-electron chi connectivity index (χ4n) is 4.39. The molecule has 3 heteroatoms. The fraction of sp³-hybridized carbons (Fsp3) is 0.242. The zero-order chi connectivity index (χ0) is 24.3. The lowest BCUT2D eigenvalue weighted by molar-refractivity contribution is -0.660. The summed E-state index contributed by atoms with van der Waals surface area (Å²) in [5, 5.41) is 0. The number of benzene rings is 3. The van der Waals surface area contributed by atoms with Crippen LogP contribution in [0.2, 0.25) is 0 Å². The van der Waals surface area contributed by atoms with Gasteiger partial charge in [-0.3, -0.25) is 0 Å². The summed E-state index contributed by atoms with van der Waals surface area (Å²) in [6.45, 7) is 3.04. The largest absolute Gasteiger partial charge is 1.00 e. The van der Waals surface area contributed by atoms with Crippen molar-refractivity contribution in [3.8, 4) is 28.1 Å². The summed E-state index contributed by atoms with van der Waals surface area (Å²) < 4.78 is 8.16. The van der Waals surface area contributed by atoms with Gasteiger partial charge in [0.15, 0.2) is 6.20 Å². The highest BCUT2D eigenvalue weighted by Crippen LogP contribution is 2.27. The van der Waals surface area contributed by atoms with Crippen molar-refractivity contribution in [3.63, 3.8) is 0 Å². The molecule has 0 aliphatic carbocycles. The molecule has 1 heterocycles. The zero-order valence-corrected chi connectivity index (χ0v) is 23.5. The van der Waals surface area contributed by atoms with E-state index in [1.54, 1.807) is 0 Å². The highest BCUT2D eigenvalue weighted by molar-refractivity contribution is 5.80. The van der Waals surface area contributed by atoms with E-state index in [0.29, 0.717) is 0 Å². The number of unbranched alkanes of at least 4 members (excludes halogenated alkanes) is 4. The van der Waals surface area contributed by atoms with Crippen molar-refractivity contribution in [2.45, 2.75) is 39.0 Å². The van der Waals surface area contributed by atoms with Crippen molar-refractivity contribution >= 4 is 12.2 Å². The molecule has 4 aromatic rings. The Kier molecular flexibility index (Phi) is 11.2. The molecule has 0 saturated carbocycles. The van der Waals surface area contributed by atoms with Gasteiger partial charge in [-0.25, -0.2) is 0 Å². The molecule has 0 N–H and O–H groups in total. The van der Waals surface area contributed by atoms with Crippen LogP contribution in [0.25, 0.3) is 34.5 Å². The molecule has 0 unspecified atom stereocenters. The molecule has 0 atom stereocenters. The van der Waals surface area contributed by atoms with Crippen LogP contribution in [-0.2, 0) is 7.05 Å². The Labute approximate surface area is 233 Å². The molecular formula is C33H36INO. The SMILES string of the molecule is CCCCCCCOc1ccc(/C=C/c2cc(-c3ccccc3)c[n+](C)c2-c2ccccc2)cc1.[I-]. The summed E-state index contributed by atoms with van der Waals surface area (Å²) in [7, 11) is 2.13. The van der Waals surface area contributed by atoms with Crippen molar-refractivity contribution in [1.29, 1.82) is 0 Å². The molecule has 0 amide bonds. The topological polar surface area (TPSA) is 13.1 Å². The van der Waals surface area contributed by atoms with Gasteiger partial charge in [0.2, 0.25) is 5.69 Å². The van der Waals surface area contributed by atoms with E-state index in [2.05, 4.69) is 128 Å². The van der Waals surface area contributed by atoms with Crippen LogP contribution in [0.4, 0.5) is 0 Å². The average molecular weight is 590 g/mol. The number of aromatic nitrogens is 1. The van der Waals surface area contributed by atoms with E-state index < -0.39 is 0 Å². The summed E-state index contributed by atoms with van der Waals surface area (Å²) in [5.41, 5.74) is 7.17. The van der Waals surface area contributed by atoms with Gasteiger partial charge in [0, 0.05) is 16.7 Å². The number of hydrogen-bond acceptors (Lipinski definition) is 1. The van der Waals surface area contributed by atoms with E-state index in [9.17, 15) is 0 Å².